The van der Waals surface area contributed by atoms with Gasteiger partial charge in [0.05, 0.1) is 42.2 Å². The Morgan fingerprint density at radius 2 is 2.02 bits per heavy atom. The number of fused-ring (bicyclic) bond motifs is 4. The molecule has 0 bridgehead atoms. The lowest BCUT2D eigenvalue weighted by atomic mass is 9.95. The quantitative estimate of drug-likeness (QED) is 0.202. The number of rotatable bonds is 9. The Labute approximate surface area is 317 Å². The number of anilines is 1. The van der Waals surface area contributed by atoms with Crippen LogP contribution in [0, 0.1) is 17.1 Å². The van der Waals surface area contributed by atoms with Gasteiger partial charge in [0.1, 0.15) is 29.8 Å². The molecule has 2 aromatic heterocycles. The Hall–Kier alpha value is -4.48. The van der Waals surface area contributed by atoms with Gasteiger partial charge >= 0.3 is 6.01 Å². The average Bonchev–Trinajstić information content (AvgIpc) is 3.79. The SMILES string of the molecule is N#CC[C@H]1CN(c2nc(OC[C@@]34CCCN3C[C@H](F)C4)nc3c(F)c(-c4cccc5cccc(Cl)c45)ncc23)CCN1C(=O)/C=C/CN1CCOC2CC21. The smallest absolute Gasteiger partial charge is 0.319 e. The zero-order chi connectivity index (χ0) is 37.0. The van der Waals surface area contributed by atoms with E-state index in [4.69, 9.17) is 26.1 Å². The molecule has 280 valence electrons. The van der Waals surface area contributed by atoms with E-state index >= 15 is 4.39 Å². The van der Waals surface area contributed by atoms with E-state index in [1.165, 1.54) is 0 Å². The van der Waals surface area contributed by atoms with E-state index in [1.807, 2.05) is 35.2 Å². The highest BCUT2D eigenvalue weighted by Gasteiger charge is 2.49. The van der Waals surface area contributed by atoms with E-state index in [0.29, 0.717) is 78.5 Å². The van der Waals surface area contributed by atoms with E-state index in [0.717, 1.165) is 37.7 Å². The van der Waals surface area contributed by atoms with Crippen molar-refractivity contribution >= 4 is 45.0 Å². The number of morpholine rings is 1. The third-order valence-electron chi connectivity index (χ3n) is 11.9. The highest BCUT2D eigenvalue weighted by atomic mass is 35.5. The van der Waals surface area contributed by atoms with Crippen molar-refractivity contribution in [3.63, 3.8) is 0 Å². The van der Waals surface area contributed by atoms with E-state index in [-0.39, 0.29) is 42.7 Å². The molecule has 9 rings (SSSR count). The number of amides is 1. The molecule has 11 nitrogen and oxygen atoms in total. The third-order valence-corrected chi connectivity index (χ3v) is 12.2. The van der Waals surface area contributed by atoms with Crippen LogP contribution in [0.5, 0.6) is 6.01 Å². The number of benzene rings is 2. The second-order valence-corrected chi connectivity index (χ2v) is 15.5. The van der Waals surface area contributed by atoms with Gasteiger partial charge in [-0.25, -0.2) is 8.78 Å². The number of pyridine rings is 1. The number of hydrogen-bond acceptors (Lipinski definition) is 10. The molecule has 54 heavy (non-hydrogen) atoms. The van der Waals surface area contributed by atoms with Crippen LogP contribution in [-0.4, -0.2) is 124 Å². The second kappa shape index (κ2) is 14.3. The molecule has 6 heterocycles. The molecule has 4 saturated heterocycles. The van der Waals surface area contributed by atoms with Gasteiger partial charge in [-0.1, -0.05) is 48.0 Å². The molecule has 5 aliphatic rings. The van der Waals surface area contributed by atoms with Gasteiger partial charge in [0.25, 0.3) is 0 Å². The minimum absolute atomic E-state index is 0.0210. The molecule has 1 aliphatic carbocycles. The van der Waals surface area contributed by atoms with Crippen molar-refractivity contribution in [2.75, 3.05) is 63.9 Å². The van der Waals surface area contributed by atoms with Crippen molar-refractivity contribution in [1.29, 1.82) is 5.26 Å². The Bertz CT molecular complexity index is 2180. The molecule has 0 N–H and O–H groups in total. The second-order valence-electron chi connectivity index (χ2n) is 15.1. The number of carbonyl (C=O) groups excluding carboxylic acids is 1. The first-order valence-corrected chi connectivity index (χ1v) is 19.2. The Kier molecular flexibility index (Phi) is 9.33. The lowest BCUT2D eigenvalue weighted by Gasteiger charge is -2.41. The summed E-state index contributed by atoms with van der Waals surface area (Å²) in [6, 6.07) is 13.3. The van der Waals surface area contributed by atoms with Crippen molar-refractivity contribution in [3.05, 3.63) is 65.6 Å². The molecule has 2 aromatic carbocycles. The molecular weight excluding hydrogens is 714 g/mol. The van der Waals surface area contributed by atoms with Crippen molar-refractivity contribution < 1.29 is 23.0 Å². The summed E-state index contributed by atoms with van der Waals surface area (Å²) < 4.78 is 43.6. The molecule has 0 radical (unpaired) electrons. The molecule has 0 spiro atoms. The van der Waals surface area contributed by atoms with Gasteiger partial charge in [-0.05, 0) is 37.3 Å². The highest BCUT2D eigenvalue weighted by molar-refractivity contribution is 6.36. The Morgan fingerprint density at radius 1 is 1.15 bits per heavy atom. The van der Waals surface area contributed by atoms with Crippen LogP contribution in [0.4, 0.5) is 14.6 Å². The summed E-state index contributed by atoms with van der Waals surface area (Å²) in [4.78, 5) is 35.8. The maximum atomic E-state index is 17.0. The van der Waals surface area contributed by atoms with Crippen molar-refractivity contribution in [2.24, 2.45) is 0 Å². The number of alkyl halides is 1. The molecule has 4 aromatic rings. The largest absolute Gasteiger partial charge is 0.461 e. The first-order valence-electron chi connectivity index (χ1n) is 18.8. The normalized spacial score (nSPS) is 27.1. The monoisotopic (exact) mass is 754 g/mol. The highest BCUT2D eigenvalue weighted by Crippen LogP contribution is 2.42. The van der Waals surface area contributed by atoms with Gasteiger partial charge in [-0.2, -0.15) is 15.2 Å². The number of nitrogens with zero attached hydrogens (tertiary/aromatic N) is 8. The molecular formula is C40H41ClF2N8O3. The topological polar surface area (TPSA) is 111 Å². The molecule has 14 heteroatoms. The first-order chi connectivity index (χ1) is 26.3. The average molecular weight is 755 g/mol. The van der Waals surface area contributed by atoms with Gasteiger partial charge < -0.3 is 19.3 Å². The number of carbonyl (C=O) groups is 1. The molecule has 5 fully saturated rings. The summed E-state index contributed by atoms with van der Waals surface area (Å²) in [6.07, 6.45) is 7.71. The standard InChI is InChI=1S/C40H41ClF2N8O3/c41-30-8-2-6-25-5-1-7-28(34(25)30)36-35(43)37-29(21-45-36)38(47-39(46-37)54-24-40-11-4-14-50(40)22-26(42)20-40)49-15-16-51(27(23-49)10-12-44)33(52)9-3-13-48-17-18-53-32-19-31(32)48/h1-3,5-9,21,26-27,31-32H,4,10-11,13-20,22-24H2/b9-3+/t26-,27+,31?,32?,40+/m1/s1. The van der Waals surface area contributed by atoms with Crippen molar-refractivity contribution in [1.82, 2.24) is 29.7 Å². The van der Waals surface area contributed by atoms with Crippen LogP contribution in [0.2, 0.25) is 5.02 Å². The van der Waals surface area contributed by atoms with Gasteiger partial charge in [0.15, 0.2) is 5.82 Å². The van der Waals surface area contributed by atoms with Gasteiger partial charge in [-0.3, -0.25) is 19.6 Å². The summed E-state index contributed by atoms with van der Waals surface area (Å²) in [5, 5.41) is 12.2. The van der Waals surface area contributed by atoms with Crippen LogP contribution in [0.1, 0.15) is 32.1 Å². The lowest BCUT2D eigenvalue weighted by molar-refractivity contribution is -0.128. The maximum absolute atomic E-state index is 17.0. The fourth-order valence-corrected chi connectivity index (χ4v) is 9.38. The Balaban J connectivity index is 1.04. The number of halogens is 3. The van der Waals surface area contributed by atoms with E-state index < -0.39 is 23.6 Å². The minimum atomic E-state index is -0.934. The van der Waals surface area contributed by atoms with Crippen LogP contribution in [0.3, 0.4) is 0 Å². The first kappa shape index (κ1) is 35.2. The summed E-state index contributed by atoms with van der Waals surface area (Å²) in [5.74, 6) is -0.401. The zero-order valence-electron chi connectivity index (χ0n) is 29.8. The number of piperazine rings is 1. The number of ether oxygens (including phenoxy) is 2. The maximum Gasteiger partial charge on any atom is 0.319 e. The number of hydrogen-bond donors (Lipinski definition) is 0. The van der Waals surface area contributed by atoms with Gasteiger partial charge in [-0.15, -0.1) is 0 Å². The van der Waals surface area contributed by atoms with Crippen LogP contribution in [0.15, 0.2) is 54.7 Å². The van der Waals surface area contributed by atoms with Gasteiger partial charge in [0, 0.05) is 80.0 Å². The van der Waals surface area contributed by atoms with Crippen LogP contribution < -0.4 is 9.64 Å². The van der Waals surface area contributed by atoms with Crippen LogP contribution in [0.25, 0.3) is 32.9 Å². The Morgan fingerprint density at radius 3 is 2.89 bits per heavy atom. The summed E-state index contributed by atoms with van der Waals surface area (Å²) in [7, 11) is 0. The van der Waals surface area contributed by atoms with Crippen LogP contribution in [-0.2, 0) is 9.53 Å². The molecule has 2 unspecified atom stereocenters. The predicted octanol–water partition coefficient (Wildman–Crippen LogP) is 5.55. The molecule has 1 amide bonds. The van der Waals surface area contributed by atoms with Crippen molar-refractivity contribution in [2.45, 2.75) is 62.0 Å². The van der Waals surface area contributed by atoms with E-state index in [2.05, 4.69) is 25.8 Å². The summed E-state index contributed by atoms with van der Waals surface area (Å²) >= 11 is 6.64. The van der Waals surface area contributed by atoms with E-state index in [1.54, 1.807) is 29.3 Å². The number of nitriles is 1. The lowest BCUT2D eigenvalue weighted by Crippen LogP contribution is -2.55. The van der Waals surface area contributed by atoms with E-state index in [9.17, 15) is 14.4 Å². The number of aromatic nitrogens is 3. The molecule has 5 atom stereocenters. The summed E-state index contributed by atoms with van der Waals surface area (Å²) in [6.45, 7) is 4.57. The predicted molar refractivity (Wildman–Crippen MR) is 201 cm³/mol. The molecule has 1 saturated carbocycles. The summed E-state index contributed by atoms with van der Waals surface area (Å²) in [5.41, 5.74) is 0.186. The van der Waals surface area contributed by atoms with Crippen LogP contribution >= 0.6 is 11.6 Å². The fourth-order valence-electron chi connectivity index (χ4n) is 9.09. The molecule has 4 aliphatic heterocycles. The minimum Gasteiger partial charge on any atom is -0.461 e. The zero-order valence-corrected chi connectivity index (χ0v) is 30.6. The third kappa shape index (κ3) is 6.42. The fraction of sp³-hybridized carbons (Fsp3) is 0.475. The van der Waals surface area contributed by atoms with Gasteiger partial charge in [0.2, 0.25) is 5.91 Å². The van der Waals surface area contributed by atoms with Crippen molar-refractivity contribution in [3.8, 4) is 23.3 Å².